The average Bonchev–Trinajstić information content (AvgIpc) is 3.23. The largest absolute Gasteiger partial charge is 0.379 e. The van der Waals surface area contributed by atoms with Gasteiger partial charge in [-0.2, -0.15) is 0 Å². The summed E-state index contributed by atoms with van der Waals surface area (Å²) in [5, 5.41) is 0. The van der Waals surface area contributed by atoms with Crippen molar-refractivity contribution in [2.75, 3.05) is 26.3 Å². The lowest BCUT2D eigenvalue weighted by molar-refractivity contribution is -0.119. The quantitative estimate of drug-likeness (QED) is 0.769. The maximum atomic E-state index is 13.5. The molecule has 0 N–H and O–H groups in total. The Bertz CT molecular complexity index is 884. The summed E-state index contributed by atoms with van der Waals surface area (Å²) in [4.78, 5) is 21.0. The lowest BCUT2D eigenvalue weighted by Crippen LogP contribution is -2.46. The summed E-state index contributed by atoms with van der Waals surface area (Å²) in [6.45, 7) is 11.7. The van der Waals surface area contributed by atoms with Gasteiger partial charge in [-0.25, -0.2) is 0 Å². The van der Waals surface area contributed by atoms with Crippen LogP contribution in [0.15, 0.2) is 12.1 Å². The molecule has 138 valence electrons. The number of hydrogen-bond acceptors (Lipinski definition) is 5. The van der Waals surface area contributed by atoms with Crippen molar-refractivity contribution in [1.82, 2.24) is 4.90 Å². The Morgan fingerprint density at radius 2 is 1.54 bits per heavy atom. The second kappa shape index (κ2) is 7.04. The number of carbonyl (C=O) groups is 1. The van der Waals surface area contributed by atoms with Crippen molar-refractivity contribution < 1.29 is 9.53 Å². The van der Waals surface area contributed by atoms with Gasteiger partial charge in [0.25, 0.3) is 0 Å². The Morgan fingerprint density at radius 3 is 2.08 bits per heavy atom. The number of thiophene rings is 2. The number of rotatable bonds is 3. The summed E-state index contributed by atoms with van der Waals surface area (Å²) in [6.07, 6.45) is 0.819. The summed E-state index contributed by atoms with van der Waals surface area (Å²) < 4.78 is 5.50. The second-order valence-electron chi connectivity index (χ2n) is 7.24. The van der Waals surface area contributed by atoms with E-state index in [1.165, 1.54) is 30.6 Å². The summed E-state index contributed by atoms with van der Waals surface area (Å²) in [5.41, 5.74) is 4.62. The molecule has 5 heteroatoms. The van der Waals surface area contributed by atoms with Crippen LogP contribution in [0.3, 0.4) is 0 Å². The van der Waals surface area contributed by atoms with Gasteiger partial charge in [-0.1, -0.05) is 0 Å². The van der Waals surface area contributed by atoms with Crippen LogP contribution in [-0.4, -0.2) is 43.0 Å². The molecule has 1 aliphatic heterocycles. The summed E-state index contributed by atoms with van der Waals surface area (Å²) >= 11 is 3.61. The van der Waals surface area contributed by atoms with Crippen LogP contribution >= 0.6 is 22.7 Å². The van der Waals surface area contributed by atoms with Crippen LogP contribution in [0.5, 0.6) is 0 Å². The molecule has 2 aromatic heterocycles. The fraction of sp³-hybridized carbons (Fsp3) is 0.476. The number of Topliss-reactive ketones (excluding diaryl/α,β-unsaturated/α-hetero) is 1. The lowest BCUT2D eigenvalue weighted by Gasteiger charge is -2.31. The molecule has 0 saturated carbocycles. The van der Waals surface area contributed by atoms with Crippen molar-refractivity contribution in [2.45, 2.75) is 40.2 Å². The molecular weight excluding hydrogens is 362 g/mol. The minimum atomic E-state index is -0.0388. The normalized spacial score (nSPS) is 21.8. The van der Waals surface area contributed by atoms with Gasteiger partial charge in [0.2, 0.25) is 0 Å². The van der Waals surface area contributed by atoms with Crippen LogP contribution in [0.25, 0.3) is 11.1 Å². The van der Waals surface area contributed by atoms with Crippen LogP contribution in [-0.2, 0) is 9.53 Å². The Morgan fingerprint density at radius 1 is 0.962 bits per heavy atom. The fourth-order valence-electron chi connectivity index (χ4n) is 4.24. The summed E-state index contributed by atoms with van der Waals surface area (Å²) in [5.74, 6) is 0.297. The molecule has 0 aromatic carbocycles. The smallest absolute Gasteiger partial charge is 0.181 e. The first-order chi connectivity index (χ1) is 12.5. The van der Waals surface area contributed by atoms with Crippen molar-refractivity contribution >= 4 is 39.6 Å². The van der Waals surface area contributed by atoms with E-state index in [0.29, 0.717) is 5.78 Å². The van der Waals surface area contributed by atoms with Crippen LogP contribution in [0.2, 0.25) is 0 Å². The second-order valence-corrected chi connectivity index (χ2v) is 10.2. The van der Waals surface area contributed by atoms with Crippen molar-refractivity contribution in [3.05, 3.63) is 42.8 Å². The molecule has 1 saturated heterocycles. The van der Waals surface area contributed by atoms with Crippen molar-refractivity contribution in [3.8, 4) is 0 Å². The molecular formula is C21H25NO2S2. The monoisotopic (exact) mass is 387 g/mol. The SMILES string of the molecule is Cc1cc(C2=C(c3cc(C)sc3C)C(=O)C(N3CCOCC3)C2)c(C)s1. The summed E-state index contributed by atoms with van der Waals surface area (Å²) in [7, 11) is 0. The highest BCUT2D eigenvalue weighted by atomic mass is 32.1. The van der Waals surface area contributed by atoms with Crippen LogP contribution in [0, 0.1) is 27.7 Å². The van der Waals surface area contributed by atoms with Gasteiger partial charge >= 0.3 is 0 Å². The third kappa shape index (κ3) is 3.11. The van der Waals surface area contributed by atoms with E-state index >= 15 is 0 Å². The first-order valence-corrected chi connectivity index (χ1v) is 10.8. The predicted molar refractivity (Wildman–Crippen MR) is 110 cm³/mol. The Labute approximate surface area is 163 Å². The Hall–Kier alpha value is -1.27. The van der Waals surface area contributed by atoms with E-state index in [-0.39, 0.29) is 6.04 Å². The molecule has 1 fully saturated rings. The fourth-order valence-corrected chi connectivity index (χ4v) is 6.12. The van der Waals surface area contributed by atoms with E-state index in [9.17, 15) is 4.79 Å². The van der Waals surface area contributed by atoms with E-state index in [2.05, 4.69) is 44.7 Å². The maximum Gasteiger partial charge on any atom is 0.181 e. The number of ether oxygens (including phenoxy) is 1. The molecule has 0 radical (unpaired) electrons. The first kappa shape index (κ1) is 18.1. The maximum absolute atomic E-state index is 13.5. The van der Waals surface area contributed by atoms with Gasteiger partial charge in [0, 0.05) is 38.2 Å². The molecule has 26 heavy (non-hydrogen) atoms. The van der Waals surface area contributed by atoms with Gasteiger partial charge in [-0.05, 0) is 62.9 Å². The zero-order valence-electron chi connectivity index (χ0n) is 15.8. The molecule has 0 spiro atoms. The van der Waals surface area contributed by atoms with E-state index in [1.54, 1.807) is 11.3 Å². The highest BCUT2D eigenvalue weighted by molar-refractivity contribution is 7.12. The van der Waals surface area contributed by atoms with E-state index < -0.39 is 0 Å². The van der Waals surface area contributed by atoms with Crippen LogP contribution in [0.4, 0.5) is 0 Å². The molecule has 4 rings (SSSR count). The zero-order valence-corrected chi connectivity index (χ0v) is 17.5. The number of morpholine rings is 1. The molecule has 1 aliphatic carbocycles. The van der Waals surface area contributed by atoms with E-state index in [1.807, 2.05) is 11.3 Å². The number of ketones is 1. The molecule has 2 aliphatic rings. The van der Waals surface area contributed by atoms with Crippen molar-refractivity contribution in [3.63, 3.8) is 0 Å². The lowest BCUT2D eigenvalue weighted by atomic mass is 9.97. The van der Waals surface area contributed by atoms with Crippen LogP contribution < -0.4 is 0 Å². The van der Waals surface area contributed by atoms with Gasteiger partial charge in [-0.15, -0.1) is 22.7 Å². The predicted octanol–water partition coefficient (Wildman–Crippen LogP) is 4.63. The van der Waals surface area contributed by atoms with E-state index in [0.717, 1.165) is 43.9 Å². The number of carbonyl (C=O) groups excluding carboxylic acids is 1. The van der Waals surface area contributed by atoms with Gasteiger partial charge < -0.3 is 4.74 Å². The van der Waals surface area contributed by atoms with Crippen LogP contribution in [0.1, 0.15) is 37.1 Å². The van der Waals surface area contributed by atoms with Crippen molar-refractivity contribution in [2.24, 2.45) is 0 Å². The first-order valence-electron chi connectivity index (χ1n) is 9.19. The molecule has 1 unspecified atom stereocenters. The van der Waals surface area contributed by atoms with Crippen molar-refractivity contribution in [1.29, 1.82) is 0 Å². The molecule has 3 nitrogen and oxygen atoms in total. The zero-order chi connectivity index (χ0) is 18.4. The number of hydrogen-bond donors (Lipinski definition) is 0. The van der Waals surface area contributed by atoms with E-state index in [4.69, 9.17) is 4.74 Å². The molecule has 1 atom stereocenters. The van der Waals surface area contributed by atoms with Gasteiger partial charge in [0.1, 0.15) is 0 Å². The Kier molecular flexibility index (Phi) is 4.90. The van der Waals surface area contributed by atoms with Gasteiger partial charge in [0.05, 0.1) is 19.3 Å². The number of aryl methyl sites for hydroxylation is 4. The minimum Gasteiger partial charge on any atom is -0.379 e. The molecule has 2 aromatic rings. The molecule has 3 heterocycles. The third-order valence-electron chi connectivity index (χ3n) is 5.41. The summed E-state index contributed by atoms with van der Waals surface area (Å²) in [6, 6.07) is 4.42. The molecule has 0 bridgehead atoms. The number of nitrogens with zero attached hydrogens (tertiary/aromatic N) is 1. The highest BCUT2D eigenvalue weighted by Crippen LogP contribution is 2.44. The van der Waals surface area contributed by atoms with Gasteiger partial charge in [-0.3, -0.25) is 9.69 Å². The highest BCUT2D eigenvalue weighted by Gasteiger charge is 2.39. The minimum absolute atomic E-state index is 0.0388. The topological polar surface area (TPSA) is 29.5 Å². The third-order valence-corrected chi connectivity index (χ3v) is 7.34. The Balaban J connectivity index is 1.82. The van der Waals surface area contributed by atoms with Gasteiger partial charge in [0.15, 0.2) is 5.78 Å². The molecule has 0 amide bonds. The average molecular weight is 388 g/mol. The standard InChI is InChI=1S/C21H25NO2S2/c1-12-9-16(14(3)25-12)18-11-19(22-5-7-24-8-6-22)21(23)20(18)17-10-13(2)26-15(17)4/h9-10,19H,5-8,11H2,1-4H3.